The first-order valence-electron chi connectivity index (χ1n) is 10.6. The molecular weight excluding hydrogens is 378 g/mol. The first-order chi connectivity index (χ1) is 14.3. The lowest BCUT2D eigenvalue weighted by Gasteiger charge is -2.26. The van der Waals surface area contributed by atoms with Gasteiger partial charge >= 0.3 is 0 Å². The Morgan fingerprint density at radius 3 is 2.41 bits per heavy atom. The van der Waals surface area contributed by atoms with Crippen molar-refractivity contribution >= 4 is 23.6 Å². The number of benzene rings is 2. The van der Waals surface area contributed by atoms with Crippen LogP contribution in [0.4, 0.5) is 0 Å². The SMILES string of the molecule is O=C(/C=C/c1ccc(SCCCCCCN2CCOCC2)cc1)c1ccccc1. The van der Waals surface area contributed by atoms with Gasteiger partial charge in [-0.1, -0.05) is 61.4 Å². The van der Waals surface area contributed by atoms with E-state index in [0.717, 1.165) is 37.4 Å². The number of rotatable bonds is 11. The molecule has 0 atom stereocenters. The van der Waals surface area contributed by atoms with Crippen molar-refractivity contribution in [2.75, 3.05) is 38.6 Å². The Balaban J connectivity index is 1.29. The van der Waals surface area contributed by atoms with Crippen molar-refractivity contribution in [2.45, 2.75) is 30.6 Å². The normalized spacial score (nSPS) is 15.0. The van der Waals surface area contributed by atoms with Gasteiger partial charge in [0, 0.05) is 23.5 Å². The van der Waals surface area contributed by atoms with Gasteiger partial charge in [-0.3, -0.25) is 9.69 Å². The van der Waals surface area contributed by atoms with E-state index in [-0.39, 0.29) is 5.78 Å². The number of carbonyl (C=O) groups is 1. The Morgan fingerprint density at radius 2 is 1.66 bits per heavy atom. The third-order valence-electron chi connectivity index (χ3n) is 5.11. The Bertz CT molecular complexity index is 752. The lowest BCUT2D eigenvalue weighted by molar-refractivity contribution is 0.0371. The van der Waals surface area contributed by atoms with Gasteiger partial charge in [0.15, 0.2) is 5.78 Å². The van der Waals surface area contributed by atoms with Gasteiger partial charge in [-0.05, 0) is 48.9 Å². The van der Waals surface area contributed by atoms with Crippen molar-refractivity contribution in [1.29, 1.82) is 0 Å². The molecular formula is C25H31NO2S. The smallest absolute Gasteiger partial charge is 0.185 e. The number of nitrogens with zero attached hydrogens (tertiary/aromatic N) is 1. The Morgan fingerprint density at radius 1 is 0.931 bits per heavy atom. The summed E-state index contributed by atoms with van der Waals surface area (Å²) in [5.74, 6) is 1.21. The number of hydrogen-bond donors (Lipinski definition) is 0. The molecule has 0 aliphatic carbocycles. The molecule has 0 bridgehead atoms. The molecule has 3 nitrogen and oxygen atoms in total. The van der Waals surface area contributed by atoms with E-state index in [9.17, 15) is 4.79 Å². The fourth-order valence-corrected chi connectivity index (χ4v) is 4.26. The molecule has 0 radical (unpaired) electrons. The van der Waals surface area contributed by atoms with Gasteiger partial charge in [-0.15, -0.1) is 11.8 Å². The Kier molecular flexibility index (Phi) is 9.51. The second-order valence-corrected chi connectivity index (χ2v) is 8.52. The van der Waals surface area contributed by atoms with Gasteiger partial charge in [0.25, 0.3) is 0 Å². The van der Waals surface area contributed by atoms with Gasteiger partial charge in [-0.2, -0.15) is 0 Å². The van der Waals surface area contributed by atoms with Crippen molar-refractivity contribution in [1.82, 2.24) is 4.90 Å². The van der Waals surface area contributed by atoms with E-state index in [1.165, 1.54) is 42.9 Å². The van der Waals surface area contributed by atoms with Crippen LogP contribution in [0.25, 0.3) is 6.08 Å². The minimum Gasteiger partial charge on any atom is -0.379 e. The number of thioether (sulfide) groups is 1. The fourth-order valence-electron chi connectivity index (χ4n) is 3.35. The maximum absolute atomic E-state index is 12.1. The molecule has 1 heterocycles. The molecule has 1 saturated heterocycles. The summed E-state index contributed by atoms with van der Waals surface area (Å²) in [6.07, 6.45) is 8.72. The summed E-state index contributed by atoms with van der Waals surface area (Å²) in [6, 6.07) is 17.8. The van der Waals surface area contributed by atoms with Crippen LogP contribution in [0.15, 0.2) is 65.6 Å². The highest BCUT2D eigenvalue weighted by atomic mass is 32.2. The fraction of sp³-hybridized carbons (Fsp3) is 0.400. The van der Waals surface area contributed by atoms with Crippen molar-refractivity contribution in [3.05, 3.63) is 71.8 Å². The highest BCUT2D eigenvalue weighted by Gasteiger charge is 2.08. The molecule has 154 valence electrons. The molecule has 2 aromatic carbocycles. The van der Waals surface area contributed by atoms with E-state index in [1.807, 2.05) is 48.2 Å². The maximum Gasteiger partial charge on any atom is 0.185 e. The van der Waals surface area contributed by atoms with Gasteiger partial charge in [0.2, 0.25) is 0 Å². The largest absolute Gasteiger partial charge is 0.379 e. The number of hydrogen-bond acceptors (Lipinski definition) is 4. The first-order valence-corrected chi connectivity index (χ1v) is 11.6. The molecule has 3 rings (SSSR count). The summed E-state index contributed by atoms with van der Waals surface area (Å²) in [6.45, 7) is 5.21. The summed E-state index contributed by atoms with van der Waals surface area (Å²) in [5, 5.41) is 0. The third-order valence-corrected chi connectivity index (χ3v) is 6.20. The molecule has 0 amide bonds. The van der Waals surface area contributed by atoms with Gasteiger partial charge in [0.05, 0.1) is 13.2 Å². The molecule has 1 aliphatic rings. The molecule has 0 saturated carbocycles. The molecule has 1 fully saturated rings. The van der Waals surface area contributed by atoms with Crippen molar-refractivity contribution in [2.24, 2.45) is 0 Å². The van der Waals surface area contributed by atoms with Crippen LogP contribution < -0.4 is 0 Å². The molecule has 2 aromatic rings. The van der Waals surface area contributed by atoms with E-state index in [1.54, 1.807) is 6.08 Å². The van der Waals surface area contributed by atoms with Crippen LogP contribution in [0.5, 0.6) is 0 Å². The Hall–Kier alpha value is -1.88. The minimum absolute atomic E-state index is 0.0395. The van der Waals surface area contributed by atoms with E-state index in [0.29, 0.717) is 0 Å². The molecule has 0 unspecified atom stereocenters. The first kappa shape index (κ1) is 21.8. The topological polar surface area (TPSA) is 29.5 Å². The molecule has 0 spiro atoms. The average Bonchev–Trinajstić information content (AvgIpc) is 2.79. The second-order valence-electron chi connectivity index (χ2n) is 7.35. The molecule has 1 aliphatic heterocycles. The van der Waals surface area contributed by atoms with Crippen molar-refractivity contribution < 1.29 is 9.53 Å². The highest BCUT2D eigenvalue weighted by molar-refractivity contribution is 7.99. The number of allylic oxidation sites excluding steroid dienone is 1. The van der Waals surface area contributed by atoms with Crippen molar-refractivity contribution in [3.8, 4) is 0 Å². The zero-order chi connectivity index (χ0) is 20.2. The van der Waals surface area contributed by atoms with Crippen LogP contribution in [-0.2, 0) is 4.74 Å². The third kappa shape index (κ3) is 8.17. The van der Waals surface area contributed by atoms with E-state index >= 15 is 0 Å². The quantitative estimate of drug-likeness (QED) is 0.210. The van der Waals surface area contributed by atoms with E-state index < -0.39 is 0 Å². The standard InChI is InChI=1S/C25H31NO2S/c27-25(23-8-4-3-5-9-23)15-12-22-10-13-24(14-11-22)29-21-7-2-1-6-16-26-17-19-28-20-18-26/h3-5,8-15H,1-2,6-7,16-21H2/b15-12+. The van der Waals surface area contributed by atoms with Crippen LogP contribution in [0, 0.1) is 0 Å². The van der Waals surface area contributed by atoms with Gasteiger partial charge < -0.3 is 4.74 Å². The predicted octanol–water partition coefficient (Wildman–Crippen LogP) is 5.57. The maximum atomic E-state index is 12.1. The number of morpholine rings is 1. The summed E-state index contributed by atoms with van der Waals surface area (Å²) >= 11 is 1.92. The number of ether oxygens (including phenoxy) is 1. The number of carbonyl (C=O) groups excluding carboxylic acids is 1. The molecule has 0 N–H and O–H groups in total. The van der Waals surface area contributed by atoms with E-state index in [2.05, 4.69) is 29.2 Å². The summed E-state index contributed by atoms with van der Waals surface area (Å²) in [5.41, 5.74) is 1.78. The predicted molar refractivity (Wildman–Crippen MR) is 123 cm³/mol. The zero-order valence-electron chi connectivity index (χ0n) is 17.1. The highest BCUT2D eigenvalue weighted by Crippen LogP contribution is 2.21. The van der Waals surface area contributed by atoms with Gasteiger partial charge in [-0.25, -0.2) is 0 Å². The van der Waals surface area contributed by atoms with Crippen LogP contribution in [-0.4, -0.2) is 49.3 Å². The number of ketones is 1. The summed E-state index contributed by atoms with van der Waals surface area (Å²) in [4.78, 5) is 15.9. The summed E-state index contributed by atoms with van der Waals surface area (Å²) < 4.78 is 5.39. The summed E-state index contributed by atoms with van der Waals surface area (Å²) in [7, 11) is 0. The lowest BCUT2D eigenvalue weighted by atomic mass is 10.1. The molecule has 0 aromatic heterocycles. The monoisotopic (exact) mass is 409 g/mol. The van der Waals surface area contributed by atoms with Crippen molar-refractivity contribution in [3.63, 3.8) is 0 Å². The van der Waals surface area contributed by atoms with Crippen LogP contribution in [0.3, 0.4) is 0 Å². The van der Waals surface area contributed by atoms with Gasteiger partial charge in [0.1, 0.15) is 0 Å². The Labute approximate surface area is 179 Å². The van der Waals surface area contributed by atoms with E-state index in [4.69, 9.17) is 4.74 Å². The second kappa shape index (κ2) is 12.6. The lowest BCUT2D eigenvalue weighted by Crippen LogP contribution is -2.36. The zero-order valence-corrected chi connectivity index (χ0v) is 17.9. The number of unbranched alkanes of at least 4 members (excludes halogenated alkanes) is 3. The minimum atomic E-state index is 0.0395. The van der Waals surface area contributed by atoms with Crippen LogP contribution >= 0.6 is 11.8 Å². The average molecular weight is 410 g/mol. The van der Waals surface area contributed by atoms with Crippen LogP contribution in [0.1, 0.15) is 41.6 Å². The molecule has 4 heteroatoms. The molecule has 29 heavy (non-hydrogen) atoms. The van der Waals surface area contributed by atoms with Crippen LogP contribution in [0.2, 0.25) is 0 Å².